The molecule has 9 heteroatoms. The number of urea groups is 1. The van der Waals surface area contributed by atoms with E-state index >= 15 is 0 Å². The third-order valence-electron chi connectivity index (χ3n) is 6.57. The summed E-state index contributed by atoms with van der Waals surface area (Å²) in [7, 11) is 0. The summed E-state index contributed by atoms with van der Waals surface area (Å²) >= 11 is 0. The normalized spacial score (nSPS) is 27.6. The van der Waals surface area contributed by atoms with Gasteiger partial charge in [-0.3, -0.25) is 19.3 Å². The minimum absolute atomic E-state index is 0.0553. The highest BCUT2D eigenvalue weighted by molar-refractivity contribution is 6.07. The van der Waals surface area contributed by atoms with Gasteiger partial charge in [-0.15, -0.1) is 0 Å². The molecule has 4 rings (SSSR count). The summed E-state index contributed by atoms with van der Waals surface area (Å²) in [4.78, 5) is 54.7. The summed E-state index contributed by atoms with van der Waals surface area (Å²) in [5.41, 5.74) is -0.723. The number of nitrogens with one attached hydrogen (secondary N) is 2. The molecule has 0 radical (unpaired) electrons. The van der Waals surface area contributed by atoms with Crippen molar-refractivity contribution in [3.05, 3.63) is 0 Å². The molecular weight excluding hydrogens is 362 g/mol. The predicted octanol–water partition coefficient (Wildman–Crippen LogP) is -0.336. The molecule has 0 aromatic rings. The van der Waals surface area contributed by atoms with E-state index in [1.54, 1.807) is 4.90 Å². The molecule has 28 heavy (non-hydrogen) atoms. The van der Waals surface area contributed by atoms with E-state index in [0.29, 0.717) is 39.0 Å². The van der Waals surface area contributed by atoms with Crippen molar-refractivity contribution in [3.8, 4) is 0 Å². The summed E-state index contributed by atoms with van der Waals surface area (Å²) in [6.45, 7) is 3.14. The molecular formula is C19H29N5O4. The number of carbonyl (C=O) groups excluding carboxylic acids is 4. The van der Waals surface area contributed by atoms with Crippen molar-refractivity contribution < 1.29 is 19.2 Å². The van der Waals surface area contributed by atoms with Crippen LogP contribution in [0.2, 0.25) is 0 Å². The van der Waals surface area contributed by atoms with Gasteiger partial charge in [-0.1, -0.05) is 12.8 Å². The van der Waals surface area contributed by atoms with Gasteiger partial charge in [0.25, 0.3) is 5.91 Å². The van der Waals surface area contributed by atoms with Gasteiger partial charge < -0.3 is 20.4 Å². The Hall–Kier alpha value is -2.16. The minimum atomic E-state index is -0.723. The zero-order valence-corrected chi connectivity index (χ0v) is 16.2. The molecule has 0 aromatic heterocycles. The second kappa shape index (κ2) is 7.69. The lowest BCUT2D eigenvalue weighted by atomic mass is 9.98. The van der Waals surface area contributed by atoms with E-state index in [-0.39, 0.29) is 42.8 Å². The van der Waals surface area contributed by atoms with Crippen LogP contribution in [0, 0.1) is 0 Å². The maximum absolute atomic E-state index is 12.7. The number of carbonyl (C=O) groups is 4. The molecule has 1 unspecified atom stereocenters. The lowest BCUT2D eigenvalue weighted by Crippen LogP contribution is -2.57. The van der Waals surface area contributed by atoms with Crippen molar-refractivity contribution in [1.82, 2.24) is 25.3 Å². The number of piperazine rings is 1. The van der Waals surface area contributed by atoms with Crippen LogP contribution in [-0.4, -0.2) is 89.3 Å². The van der Waals surface area contributed by atoms with E-state index < -0.39 is 5.54 Å². The van der Waals surface area contributed by atoms with Gasteiger partial charge in [0, 0.05) is 45.2 Å². The number of rotatable bonds is 4. The Morgan fingerprint density at radius 2 is 1.89 bits per heavy atom. The van der Waals surface area contributed by atoms with Gasteiger partial charge in [0.1, 0.15) is 5.54 Å². The highest BCUT2D eigenvalue weighted by Crippen LogP contribution is 2.35. The lowest BCUT2D eigenvalue weighted by molar-refractivity contribution is -0.141. The molecule has 3 heterocycles. The van der Waals surface area contributed by atoms with E-state index in [0.717, 1.165) is 32.2 Å². The van der Waals surface area contributed by atoms with Gasteiger partial charge in [-0.25, -0.2) is 4.79 Å². The van der Waals surface area contributed by atoms with Crippen LogP contribution in [0.5, 0.6) is 0 Å². The average molecular weight is 391 g/mol. The topological polar surface area (TPSA) is 102 Å². The predicted molar refractivity (Wildman–Crippen MR) is 100 cm³/mol. The van der Waals surface area contributed by atoms with E-state index in [2.05, 4.69) is 10.6 Å². The van der Waals surface area contributed by atoms with Crippen LogP contribution in [0.3, 0.4) is 0 Å². The van der Waals surface area contributed by atoms with E-state index in [9.17, 15) is 19.2 Å². The maximum Gasteiger partial charge on any atom is 0.325 e. The fraction of sp³-hybridized carbons (Fsp3) is 0.789. The van der Waals surface area contributed by atoms with E-state index in [1.807, 2.05) is 4.90 Å². The molecule has 4 fully saturated rings. The van der Waals surface area contributed by atoms with Crippen LogP contribution in [-0.2, 0) is 14.4 Å². The summed E-state index contributed by atoms with van der Waals surface area (Å²) in [5.74, 6) is -0.141. The van der Waals surface area contributed by atoms with Gasteiger partial charge >= 0.3 is 6.03 Å². The molecule has 2 N–H and O–H groups in total. The molecule has 3 aliphatic heterocycles. The Morgan fingerprint density at radius 1 is 1.11 bits per heavy atom. The molecule has 154 valence electrons. The second-order valence-electron chi connectivity index (χ2n) is 8.33. The zero-order valence-electron chi connectivity index (χ0n) is 16.2. The van der Waals surface area contributed by atoms with Crippen LogP contribution in [0.25, 0.3) is 0 Å². The number of amides is 5. The molecule has 1 aliphatic carbocycles. The van der Waals surface area contributed by atoms with Crippen molar-refractivity contribution in [2.75, 3.05) is 39.3 Å². The molecule has 9 nitrogen and oxygen atoms in total. The molecule has 3 saturated heterocycles. The zero-order chi connectivity index (χ0) is 19.7. The fourth-order valence-electron chi connectivity index (χ4n) is 5.01. The summed E-state index contributed by atoms with van der Waals surface area (Å²) in [6.07, 6.45) is 5.17. The number of hydrogen-bond acceptors (Lipinski definition) is 5. The first-order valence-electron chi connectivity index (χ1n) is 10.4. The quantitative estimate of drug-likeness (QED) is 0.639. The van der Waals surface area contributed by atoms with Gasteiger partial charge in [-0.2, -0.15) is 0 Å². The third kappa shape index (κ3) is 3.47. The Bertz CT molecular complexity index is 675. The van der Waals surface area contributed by atoms with Crippen LogP contribution in [0.1, 0.15) is 44.9 Å². The molecule has 4 aliphatic rings. The van der Waals surface area contributed by atoms with Gasteiger partial charge in [0.2, 0.25) is 11.8 Å². The van der Waals surface area contributed by atoms with Crippen LogP contribution in [0.4, 0.5) is 4.79 Å². The van der Waals surface area contributed by atoms with Crippen LogP contribution < -0.4 is 10.6 Å². The smallest absolute Gasteiger partial charge is 0.325 e. The van der Waals surface area contributed by atoms with Crippen molar-refractivity contribution in [1.29, 1.82) is 0 Å². The number of likely N-dealkylation sites (tertiary alicyclic amines) is 1. The summed E-state index contributed by atoms with van der Waals surface area (Å²) in [5, 5.41) is 5.92. The summed E-state index contributed by atoms with van der Waals surface area (Å²) < 4.78 is 0. The van der Waals surface area contributed by atoms with Crippen LogP contribution >= 0.6 is 0 Å². The number of hydrogen-bond donors (Lipinski definition) is 2. The highest BCUT2D eigenvalue weighted by Gasteiger charge is 2.52. The van der Waals surface area contributed by atoms with Crippen molar-refractivity contribution >= 4 is 23.8 Å². The first kappa shape index (κ1) is 19.2. The maximum atomic E-state index is 12.7. The molecule has 0 bridgehead atoms. The highest BCUT2D eigenvalue weighted by atomic mass is 16.2. The van der Waals surface area contributed by atoms with Crippen molar-refractivity contribution in [2.24, 2.45) is 0 Å². The molecule has 1 atom stereocenters. The van der Waals surface area contributed by atoms with Gasteiger partial charge in [0.05, 0.1) is 6.54 Å². The van der Waals surface area contributed by atoms with Crippen LogP contribution in [0.15, 0.2) is 0 Å². The first-order valence-corrected chi connectivity index (χ1v) is 10.4. The Morgan fingerprint density at radius 3 is 2.64 bits per heavy atom. The Kier molecular flexibility index (Phi) is 5.27. The second-order valence-corrected chi connectivity index (χ2v) is 8.33. The minimum Gasteiger partial charge on any atom is -0.341 e. The Labute approximate surface area is 164 Å². The fourth-order valence-corrected chi connectivity index (χ4v) is 5.01. The average Bonchev–Trinajstić information content (AvgIpc) is 3.26. The molecule has 0 aromatic carbocycles. The Balaban J connectivity index is 1.32. The molecule has 1 spiro atoms. The van der Waals surface area contributed by atoms with Gasteiger partial charge in [-0.05, 0) is 25.7 Å². The summed E-state index contributed by atoms with van der Waals surface area (Å²) in [6, 6.07) is -0.312. The first-order chi connectivity index (χ1) is 13.5. The number of piperidine rings is 1. The van der Waals surface area contributed by atoms with E-state index in [4.69, 9.17) is 0 Å². The largest absolute Gasteiger partial charge is 0.341 e. The standard InChI is InChI=1S/C19H29N5O4/c25-15(5-10-24-17(27)19(21-18(24)28)6-1-2-7-19)22-9-3-4-14(13-22)23-11-8-20-12-16(23)26/h14,20H,1-13H2,(H,21,28). The SMILES string of the molecule is O=C(CCN1C(=O)NC2(CCCC2)C1=O)N1CCCC(N2CCNCC2=O)C1. The van der Waals surface area contributed by atoms with E-state index in [1.165, 1.54) is 4.90 Å². The monoisotopic (exact) mass is 391 g/mol. The number of nitrogens with zero attached hydrogens (tertiary/aromatic N) is 3. The third-order valence-corrected chi connectivity index (χ3v) is 6.57. The van der Waals surface area contributed by atoms with Crippen molar-refractivity contribution in [3.63, 3.8) is 0 Å². The van der Waals surface area contributed by atoms with Gasteiger partial charge in [0.15, 0.2) is 0 Å². The molecule has 5 amide bonds. The molecule has 1 saturated carbocycles. The van der Waals surface area contributed by atoms with Crippen molar-refractivity contribution in [2.45, 2.75) is 56.5 Å². The number of imide groups is 1. The lowest BCUT2D eigenvalue weighted by Gasteiger charge is -2.41.